The summed E-state index contributed by atoms with van der Waals surface area (Å²) in [6, 6.07) is 0. The molecular weight excluding hydrogens is 320 g/mol. The second kappa shape index (κ2) is 6.31. The van der Waals surface area contributed by atoms with Crippen LogP contribution in [0.5, 0.6) is 0 Å². The second-order valence-electron chi connectivity index (χ2n) is 10.4. The van der Waals surface area contributed by atoms with E-state index in [9.17, 15) is 9.59 Å². The van der Waals surface area contributed by atoms with Crippen molar-refractivity contribution in [3.05, 3.63) is 11.6 Å². The molecule has 4 fully saturated rings. The van der Waals surface area contributed by atoms with Gasteiger partial charge in [0.15, 0.2) is 0 Å². The van der Waals surface area contributed by atoms with Gasteiger partial charge in [-0.05, 0) is 80.0 Å². The lowest BCUT2D eigenvalue weighted by atomic mass is 9.44. The number of hydrogen-bond donors (Lipinski definition) is 0. The molecule has 144 valence electrons. The van der Waals surface area contributed by atoms with Gasteiger partial charge in [-0.3, -0.25) is 9.59 Å². The molecular formula is C24H36O2. The maximum absolute atomic E-state index is 13.1. The number of carbonyl (C=O) groups is 2. The summed E-state index contributed by atoms with van der Waals surface area (Å²) in [5, 5.41) is 0. The van der Waals surface area contributed by atoms with Gasteiger partial charge >= 0.3 is 0 Å². The Morgan fingerprint density at radius 3 is 2.50 bits per heavy atom. The summed E-state index contributed by atoms with van der Waals surface area (Å²) >= 11 is 0. The maximum Gasteiger partial charge on any atom is 0.137 e. The van der Waals surface area contributed by atoms with Gasteiger partial charge in [-0.1, -0.05) is 32.4 Å². The lowest BCUT2D eigenvalue weighted by Gasteiger charge is -2.59. The summed E-state index contributed by atoms with van der Waals surface area (Å²) < 4.78 is 0. The predicted molar refractivity (Wildman–Crippen MR) is 105 cm³/mol. The maximum atomic E-state index is 13.1. The minimum absolute atomic E-state index is 0.0216. The smallest absolute Gasteiger partial charge is 0.137 e. The second-order valence-corrected chi connectivity index (χ2v) is 10.4. The van der Waals surface area contributed by atoms with Crippen molar-refractivity contribution >= 4 is 11.6 Å². The van der Waals surface area contributed by atoms with Crippen LogP contribution in [-0.2, 0) is 9.59 Å². The van der Waals surface area contributed by atoms with Gasteiger partial charge in [-0.15, -0.1) is 0 Å². The Hall–Kier alpha value is -0.920. The topological polar surface area (TPSA) is 34.1 Å². The Morgan fingerprint density at radius 2 is 1.77 bits per heavy atom. The van der Waals surface area contributed by atoms with Crippen molar-refractivity contribution < 1.29 is 9.59 Å². The monoisotopic (exact) mass is 356 g/mol. The van der Waals surface area contributed by atoms with Crippen LogP contribution in [0.1, 0.15) is 85.5 Å². The van der Waals surface area contributed by atoms with Gasteiger partial charge in [0, 0.05) is 25.2 Å². The third-order valence-electron chi connectivity index (χ3n) is 9.36. The van der Waals surface area contributed by atoms with E-state index in [4.69, 9.17) is 0 Å². The van der Waals surface area contributed by atoms with Crippen molar-refractivity contribution in [2.75, 3.05) is 0 Å². The first-order chi connectivity index (χ1) is 12.3. The van der Waals surface area contributed by atoms with Crippen molar-refractivity contribution in [3.8, 4) is 0 Å². The summed E-state index contributed by atoms with van der Waals surface area (Å²) in [6.07, 6.45) is 11.7. The summed E-state index contributed by atoms with van der Waals surface area (Å²) in [4.78, 5) is 25.1. The Labute approximate surface area is 159 Å². The molecule has 0 aromatic rings. The zero-order valence-corrected chi connectivity index (χ0v) is 17.1. The largest absolute Gasteiger partial charge is 0.300 e. The summed E-state index contributed by atoms with van der Waals surface area (Å²) in [6.45, 7) is 9.46. The molecule has 4 unspecified atom stereocenters. The summed E-state index contributed by atoms with van der Waals surface area (Å²) in [7, 11) is 0. The van der Waals surface area contributed by atoms with Crippen LogP contribution in [0, 0.1) is 40.4 Å². The number of ketones is 2. The number of allylic oxidation sites excluding steroid dienone is 2. The molecule has 0 aromatic heterocycles. The molecule has 4 saturated carbocycles. The van der Waals surface area contributed by atoms with Gasteiger partial charge in [-0.25, -0.2) is 0 Å². The molecule has 0 radical (unpaired) electrons. The number of fused-ring (bicyclic) bond motifs is 5. The molecule has 4 aliphatic carbocycles. The van der Waals surface area contributed by atoms with Gasteiger partial charge in [0.2, 0.25) is 0 Å². The van der Waals surface area contributed by atoms with E-state index in [1.807, 2.05) is 0 Å². The van der Waals surface area contributed by atoms with Gasteiger partial charge in [0.1, 0.15) is 11.6 Å². The highest BCUT2D eigenvalue weighted by molar-refractivity contribution is 5.90. The molecule has 0 aliphatic heterocycles. The highest BCUT2D eigenvalue weighted by Gasteiger charge is 2.62. The molecule has 0 N–H and O–H groups in total. The Balaban J connectivity index is 1.65. The quantitative estimate of drug-likeness (QED) is 0.590. The minimum Gasteiger partial charge on any atom is -0.300 e. The zero-order valence-electron chi connectivity index (χ0n) is 17.1. The molecule has 2 nitrogen and oxygen atoms in total. The first kappa shape index (κ1) is 18.4. The third-order valence-corrected chi connectivity index (χ3v) is 9.36. The molecule has 7 atom stereocenters. The third kappa shape index (κ3) is 2.50. The van der Waals surface area contributed by atoms with Crippen LogP contribution in [0.4, 0.5) is 0 Å². The Kier molecular flexibility index (Phi) is 4.48. The van der Waals surface area contributed by atoms with Crippen molar-refractivity contribution in [1.82, 2.24) is 0 Å². The van der Waals surface area contributed by atoms with E-state index in [1.54, 1.807) is 5.57 Å². The number of hydrogen-bond acceptors (Lipinski definition) is 2. The van der Waals surface area contributed by atoms with E-state index in [0.29, 0.717) is 53.5 Å². The van der Waals surface area contributed by atoms with Crippen molar-refractivity contribution in [1.29, 1.82) is 0 Å². The van der Waals surface area contributed by atoms with Crippen LogP contribution < -0.4 is 0 Å². The van der Waals surface area contributed by atoms with Crippen LogP contribution in [0.2, 0.25) is 0 Å². The van der Waals surface area contributed by atoms with Crippen molar-refractivity contribution in [2.24, 2.45) is 40.4 Å². The number of Topliss-reactive ketones (excluding diaryl/α,β-unsaturated/α-hetero) is 2. The number of rotatable bonds is 2. The molecule has 0 amide bonds. The predicted octanol–water partition coefficient (Wildman–Crippen LogP) is 5.75. The fraction of sp³-hybridized carbons (Fsp3) is 0.833. The van der Waals surface area contributed by atoms with Crippen LogP contribution in [-0.4, -0.2) is 11.6 Å². The zero-order chi connectivity index (χ0) is 18.7. The van der Waals surface area contributed by atoms with E-state index in [1.165, 1.54) is 25.7 Å². The molecule has 0 heterocycles. The standard InChI is InChI=1S/C24H36O2/c1-5-6-15(2)18-7-8-19-17-14-22(26)21-13-16(25)9-11-24(21,4)20(17)10-12-23(18,19)3/h6,17-21H,5,7-14H2,1-4H3/t17?,18-,19?,20?,21?,23-,24-/m1/s1. The first-order valence-electron chi connectivity index (χ1n) is 11.0. The van der Waals surface area contributed by atoms with E-state index >= 15 is 0 Å². The SMILES string of the molecule is CCC=C(C)[C@H]1CCC2C3CC(=O)C4CC(=O)CC[C@]4(C)C3CC[C@@]21C. The highest BCUT2D eigenvalue weighted by Crippen LogP contribution is 2.67. The Bertz CT molecular complexity index is 647. The van der Waals surface area contributed by atoms with Crippen LogP contribution in [0.25, 0.3) is 0 Å². The Morgan fingerprint density at radius 1 is 1.04 bits per heavy atom. The van der Waals surface area contributed by atoms with Gasteiger partial charge in [0.25, 0.3) is 0 Å². The minimum atomic E-state index is 0.0216. The molecule has 0 aromatic carbocycles. The lowest BCUT2D eigenvalue weighted by molar-refractivity contribution is -0.157. The van der Waals surface area contributed by atoms with Gasteiger partial charge in [0.05, 0.1) is 0 Å². The highest BCUT2D eigenvalue weighted by atomic mass is 16.1. The van der Waals surface area contributed by atoms with Gasteiger partial charge in [-0.2, -0.15) is 0 Å². The average Bonchev–Trinajstić information content (AvgIpc) is 2.94. The van der Waals surface area contributed by atoms with Crippen LogP contribution in [0.3, 0.4) is 0 Å². The normalized spacial score (nSPS) is 48.8. The molecule has 26 heavy (non-hydrogen) atoms. The van der Waals surface area contributed by atoms with E-state index in [0.717, 1.165) is 19.3 Å². The van der Waals surface area contributed by atoms with E-state index < -0.39 is 0 Å². The molecule has 4 aliphatic rings. The van der Waals surface area contributed by atoms with Crippen molar-refractivity contribution in [2.45, 2.75) is 85.5 Å². The molecule has 0 spiro atoms. The fourth-order valence-corrected chi connectivity index (χ4v) is 8.05. The molecule has 4 rings (SSSR count). The van der Waals surface area contributed by atoms with Crippen LogP contribution >= 0.6 is 0 Å². The first-order valence-corrected chi connectivity index (χ1v) is 11.0. The van der Waals surface area contributed by atoms with Crippen molar-refractivity contribution in [3.63, 3.8) is 0 Å². The fourth-order valence-electron chi connectivity index (χ4n) is 8.05. The average molecular weight is 357 g/mol. The van der Waals surface area contributed by atoms with Gasteiger partial charge < -0.3 is 0 Å². The molecule has 0 bridgehead atoms. The molecule has 0 saturated heterocycles. The van der Waals surface area contributed by atoms with Crippen LogP contribution in [0.15, 0.2) is 11.6 Å². The number of carbonyl (C=O) groups excluding carboxylic acids is 2. The summed E-state index contributed by atoms with van der Waals surface area (Å²) in [5.74, 6) is 3.39. The van der Waals surface area contributed by atoms with E-state index in [-0.39, 0.29) is 11.3 Å². The lowest BCUT2D eigenvalue weighted by Crippen LogP contribution is -2.56. The summed E-state index contributed by atoms with van der Waals surface area (Å²) in [5.41, 5.74) is 2.05. The molecule has 2 heteroatoms. The van der Waals surface area contributed by atoms with E-state index in [2.05, 4.69) is 33.8 Å².